The van der Waals surface area contributed by atoms with Crippen LogP contribution in [0.5, 0.6) is 0 Å². The SMILES string of the molecule is O=C(Nc1cccc(C(=O)N2CCCc3cccc(F)c32)c1)C1CCCO1. The Morgan fingerprint density at radius 2 is 2.00 bits per heavy atom. The molecule has 2 aromatic carbocycles. The first-order valence-corrected chi connectivity index (χ1v) is 9.25. The zero-order valence-corrected chi connectivity index (χ0v) is 14.9. The van der Waals surface area contributed by atoms with Crippen LogP contribution in [0.25, 0.3) is 0 Å². The first-order valence-electron chi connectivity index (χ1n) is 9.25. The number of aryl methyl sites for hydroxylation is 1. The van der Waals surface area contributed by atoms with Gasteiger partial charge in [-0.05, 0) is 55.5 Å². The van der Waals surface area contributed by atoms with Gasteiger partial charge in [0.15, 0.2) is 0 Å². The van der Waals surface area contributed by atoms with Gasteiger partial charge in [0, 0.05) is 24.4 Å². The second-order valence-corrected chi connectivity index (χ2v) is 6.88. The third-order valence-corrected chi connectivity index (χ3v) is 5.01. The van der Waals surface area contributed by atoms with E-state index < -0.39 is 6.10 Å². The summed E-state index contributed by atoms with van der Waals surface area (Å²) in [5.74, 6) is -0.857. The topological polar surface area (TPSA) is 58.6 Å². The summed E-state index contributed by atoms with van der Waals surface area (Å²) in [5.41, 5.74) is 2.16. The normalized spacial score (nSPS) is 18.9. The molecule has 0 spiro atoms. The molecule has 1 atom stereocenters. The molecule has 0 aromatic heterocycles. The highest BCUT2D eigenvalue weighted by Gasteiger charge is 2.27. The second kappa shape index (κ2) is 7.48. The third kappa shape index (κ3) is 3.57. The van der Waals surface area contributed by atoms with E-state index in [9.17, 15) is 14.0 Å². The van der Waals surface area contributed by atoms with Crippen molar-refractivity contribution in [2.75, 3.05) is 23.4 Å². The molecule has 1 saturated heterocycles. The van der Waals surface area contributed by atoms with Crippen molar-refractivity contribution in [3.8, 4) is 0 Å². The Bertz CT molecular complexity index is 877. The fourth-order valence-corrected chi connectivity index (χ4v) is 3.70. The number of fused-ring (bicyclic) bond motifs is 1. The van der Waals surface area contributed by atoms with Crippen molar-refractivity contribution in [3.05, 3.63) is 59.4 Å². The summed E-state index contributed by atoms with van der Waals surface area (Å²) in [6.45, 7) is 1.07. The summed E-state index contributed by atoms with van der Waals surface area (Å²) >= 11 is 0. The minimum absolute atomic E-state index is 0.202. The quantitative estimate of drug-likeness (QED) is 0.902. The van der Waals surface area contributed by atoms with Gasteiger partial charge in [0.2, 0.25) is 0 Å². The van der Waals surface area contributed by atoms with Crippen LogP contribution in [-0.2, 0) is 16.0 Å². The zero-order valence-electron chi connectivity index (χ0n) is 14.9. The molecule has 0 saturated carbocycles. The van der Waals surface area contributed by atoms with Gasteiger partial charge in [-0.3, -0.25) is 9.59 Å². The summed E-state index contributed by atoms with van der Waals surface area (Å²) in [6.07, 6.45) is 2.68. The van der Waals surface area contributed by atoms with Crippen LogP contribution in [0.3, 0.4) is 0 Å². The van der Waals surface area contributed by atoms with E-state index in [-0.39, 0.29) is 17.6 Å². The van der Waals surface area contributed by atoms with Crippen molar-refractivity contribution in [2.24, 2.45) is 0 Å². The summed E-state index contributed by atoms with van der Waals surface area (Å²) < 4.78 is 19.7. The first-order chi connectivity index (χ1) is 13.1. The van der Waals surface area contributed by atoms with Crippen molar-refractivity contribution >= 4 is 23.2 Å². The predicted octanol–water partition coefficient (Wildman–Crippen LogP) is 3.54. The maximum atomic E-state index is 14.4. The summed E-state index contributed by atoms with van der Waals surface area (Å²) in [5, 5.41) is 2.80. The fourth-order valence-electron chi connectivity index (χ4n) is 3.70. The van der Waals surface area contributed by atoms with Crippen LogP contribution in [0.15, 0.2) is 42.5 Å². The van der Waals surface area contributed by atoms with E-state index in [0.717, 1.165) is 24.8 Å². The number of nitrogens with one attached hydrogen (secondary N) is 1. The van der Waals surface area contributed by atoms with Crippen LogP contribution in [0, 0.1) is 5.82 Å². The van der Waals surface area contributed by atoms with E-state index in [4.69, 9.17) is 4.74 Å². The molecule has 5 nitrogen and oxygen atoms in total. The van der Waals surface area contributed by atoms with Crippen LogP contribution in [0.4, 0.5) is 15.8 Å². The van der Waals surface area contributed by atoms with Gasteiger partial charge < -0.3 is 15.0 Å². The summed E-state index contributed by atoms with van der Waals surface area (Å²) in [7, 11) is 0. The molecule has 2 aromatic rings. The largest absolute Gasteiger partial charge is 0.368 e. The average molecular weight is 368 g/mol. The summed E-state index contributed by atoms with van der Waals surface area (Å²) in [4.78, 5) is 26.8. The number of hydrogen-bond donors (Lipinski definition) is 1. The molecule has 1 fully saturated rings. The molecule has 0 bridgehead atoms. The van der Waals surface area contributed by atoms with Gasteiger partial charge in [-0.25, -0.2) is 4.39 Å². The lowest BCUT2D eigenvalue weighted by Crippen LogP contribution is -2.36. The van der Waals surface area contributed by atoms with Crippen molar-refractivity contribution in [3.63, 3.8) is 0 Å². The van der Waals surface area contributed by atoms with E-state index in [1.165, 1.54) is 11.0 Å². The number of anilines is 2. The van der Waals surface area contributed by atoms with E-state index in [1.807, 2.05) is 6.07 Å². The van der Waals surface area contributed by atoms with E-state index >= 15 is 0 Å². The van der Waals surface area contributed by atoms with E-state index in [2.05, 4.69) is 5.32 Å². The molecule has 1 N–H and O–H groups in total. The minimum atomic E-state index is -0.438. The Morgan fingerprint density at radius 3 is 2.81 bits per heavy atom. The van der Waals surface area contributed by atoms with Gasteiger partial charge >= 0.3 is 0 Å². The Morgan fingerprint density at radius 1 is 1.15 bits per heavy atom. The lowest BCUT2D eigenvalue weighted by atomic mass is 10.00. The molecule has 140 valence electrons. The third-order valence-electron chi connectivity index (χ3n) is 5.01. The average Bonchev–Trinajstić information content (AvgIpc) is 3.22. The van der Waals surface area contributed by atoms with Gasteiger partial charge in [0.25, 0.3) is 11.8 Å². The second-order valence-electron chi connectivity index (χ2n) is 6.88. The molecule has 27 heavy (non-hydrogen) atoms. The lowest BCUT2D eigenvalue weighted by Gasteiger charge is -2.30. The number of ether oxygens (including phenoxy) is 1. The zero-order chi connectivity index (χ0) is 18.8. The highest BCUT2D eigenvalue weighted by atomic mass is 19.1. The molecule has 1 unspecified atom stereocenters. The van der Waals surface area contributed by atoms with Crippen molar-refractivity contribution < 1.29 is 18.7 Å². The van der Waals surface area contributed by atoms with E-state index in [0.29, 0.717) is 36.5 Å². The Kier molecular flexibility index (Phi) is 4.90. The lowest BCUT2D eigenvalue weighted by molar-refractivity contribution is -0.124. The van der Waals surface area contributed by atoms with Crippen LogP contribution in [0.2, 0.25) is 0 Å². The Labute approximate surface area is 157 Å². The summed E-state index contributed by atoms with van der Waals surface area (Å²) in [6, 6.07) is 11.7. The van der Waals surface area contributed by atoms with Gasteiger partial charge in [-0.1, -0.05) is 18.2 Å². The molecule has 6 heteroatoms. The maximum Gasteiger partial charge on any atom is 0.258 e. The molecule has 2 aliphatic heterocycles. The molecule has 2 aliphatic rings. The fraction of sp³-hybridized carbons (Fsp3) is 0.333. The molecule has 0 radical (unpaired) electrons. The molecule has 2 amide bonds. The number of amides is 2. The predicted molar refractivity (Wildman–Crippen MR) is 100 cm³/mol. The molecule has 0 aliphatic carbocycles. The number of para-hydroxylation sites is 1. The van der Waals surface area contributed by atoms with Crippen molar-refractivity contribution in [1.29, 1.82) is 0 Å². The van der Waals surface area contributed by atoms with Crippen LogP contribution >= 0.6 is 0 Å². The molecular weight excluding hydrogens is 347 g/mol. The monoisotopic (exact) mass is 368 g/mol. The van der Waals surface area contributed by atoms with Crippen LogP contribution in [0.1, 0.15) is 35.2 Å². The van der Waals surface area contributed by atoms with Crippen molar-refractivity contribution in [1.82, 2.24) is 0 Å². The van der Waals surface area contributed by atoms with E-state index in [1.54, 1.807) is 30.3 Å². The first kappa shape index (κ1) is 17.7. The molecule has 4 rings (SSSR count). The standard InChI is InChI=1S/C21H21FN2O3/c22-17-9-2-5-14-7-3-11-24(19(14)17)21(26)15-6-1-8-16(13-15)23-20(25)18-10-4-12-27-18/h1-2,5-6,8-9,13,18H,3-4,7,10-12H2,(H,23,25). The van der Waals surface area contributed by atoms with Crippen LogP contribution < -0.4 is 10.2 Å². The number of benzene rings is 2. The maximum absolute atomic E-state index is 14.4. The van der Waals surface area contributed by atoms with Crippen molar-refractivity contribution in [2.45, 2.75) is 31.8 Å². The smallest absolute Gasteiger partial charge is 0.258 e. The molecule has 2 heterocycles. The van der Waals surface area contributed by atoms with Gasteiger partial charge in [0.05, 0.1) is 5.69 Å². The number of carbonyl (C=O) groups is 2. The van der Waals surface area contributed by atoms with Gasteiger partial charge in [-0.15, -0.1) is 0 Å². The Balaban J connectivity index is 1.56. The highest BCUT2D eigenvalue weighted by Crippen LogP contribution is 2.31. The van der Waals surface area contributed by atoms with Gasteiger partial charge in [0.1, 0.15) is 11.9 Å². The Hall–Kier alpha value is -2.73. The number of halogens is 1. The van der Waals surface area contributed by atoms with Gasteiger partial charge in [-0.2, -0.15) is 0 Å². The number of hydrogen-bond acceptors (Lipinski definition) is 3. The molecular formula is C21H21FN2O3. The number of nitrogens with zero attached hydrogens (tertiary/aromatic N) is 1. The number of rotatable bonds is 3. The minimum Gasteiger partial charge on any atom is -0.368 e. The van der Waals surface area contributed by atoms with Crippen LogP contribution in [-0.4, -0.2) is 31.1 Å². The highest BCUT2D eigenvalue weighted by molar-refractivity contribution is 6.07. The number of carbonyl (C=O) groups excluding carboxylic acids is 2.